The first-order chi connectivity index (χ1) is 9.17. The summed E-state index contributed by atoms with van der Waals surface area (Å²) >= 11 is 0. The van der Waals surface area contributed by atoms with Crippen molar-refractivity contribution < 1.29 is 0 Å². The summed E-state index contributed by atoms with van der Waals surface area (Å²) in [6.07, 6.45) is 4.69. The molecule has 0 saturated carbocycles. The summed E-state index contributed by atoms with van der Waals surface area (Å²) in [5, 5.41) is 0. The van der Waals surface area contributed by atoms with Gasteiger partial charge in [-0.1, -0.05) is 25.1 Å². The molecular formula is C16H21N3. The highest BCUT2D eigenvalue weighted by Crippen LogP contribution is 2.25. The first-order valence-electron chi connectivity index (χ1n) is 6.63. The van der Waals surface area contributed by atoms with Crippen LogP contribution in [0.2, 0.25) is 0 Å². The summed E-state index contributed by atoms with van der Waals surface area (Å²) in [4.78, 5) is 4.19. The number of rotatable bonds is 4. The smallest absolute Gasteiger partial charge is 0.0713 e. The van der Waals surface area contributed by atoms with Crippen LogP contribution < -0.4 is 11.3 Å². The molecule has 1 atom stereocenters. The van der Waals surface area contributed by atoms with Gasteiger partial charge in [-0.3, -0.25) is 10.8 Å². The van der Waals surface area contributed by atoms with Gasteiger partial charge in [0.05, 0.1) is 6.04 Å². The van der Waals surface area contributed by atoms with E-state index in [4.69, 9.17) is 5.84 Å². The topological polar surface area (TPSA) is 50.9 Å². The molecule has 0 saturated heterocycles. The highest BCUT2D eigenvalue weighted by Gasteiger charge is 2.15. The Bertz CT molecular complexity index is 564. The zero-order valence-electron chi connectivity index (χ0n) is 11.8. The molecule has 100 valence electrons. The second-order valence-corrected chi connectivity index (χ2v) is 4.87. The van der Waals surface area contributed by atoms with Crippen LogP contribution in [-0.2, 0) is 6.42 Å². The van der Waals surface area contributed by atoms with Crippen molar-refractivity contribution in [1.82, 2.24) is 10.4 Å². The lowest BCUT2D eigenvalue weighted by molar-refractivity contribution is 0.629. The Labute approximate surface area is 114 Å². The number of pyridine rings is 1. The van der Waals surface area contributed by atoms with Crippen molar-refractivity contribution in [3.8, 4) is 0 Å². The molecule has 3 N–H and O–H groups in total. The first kappa shape index (κ1) is 13.7. The lowest BCUT2D eigenvalue weighted by Gasteiger charge is -2.20. The van der Waals surface area contributed by atoms with Gasteiger partial charge in [0.1, 0.15) is 0 Å². The maximum absolute atomic E-state index is 5.78. The number of hydrogen-bond acceptors (Lipinski definition) is 3. The molecule has 3 heteroatoms. The molecule has 0 spiro atoms. The van der Waals surface area contributed by atoms with Gasteiger partial charge in [0, 0.05) is 12.4 Å². The van der Waals surface area contributed by atoms with Crippen LogP contribution >= 0.6 is 0 Å². The zero-order valence-corrected chi connectivity index (χ0v) is 11.8. The van der Waals surface area contributed by atoms with Crippen LogP contribution in [0.3, 0.4) is 0 Å². The largest absolute Gasteiger partial charge is 0.271 e. The molecule has 3 nitrogen and oxygen atoms in total. The van der Waals surface area contributed by atoms with E-state index < -0.39 is 0 Å². The van der Waals surface area contributed by atoms with Gasteiger partial charge in [-0.2, -0.15) is 0 Å². The van der Waals surface area contributed by atoms with Gasteiger partial charge >= 0.3 is 0 Å². The van der Waals surface area contributed by atoms with Crippen molar-refractivity contribution in [2.24, 2.45) is 5.84 Å². The number of hydrogen-bond donors (Lipinski definition) is 2. The number of aromatic nitrogens is 1. The first-order valence-corrected chi connectivity index (χ1v) is 6.63. The summed E-state index contributed by atoms with van der Waals surface area (Å²) < 4.78 is 0. The van der Waals surface area contributed by atoms with Crippen LogP contribution in [0.4, 0.5) is 0 Å². The molecule has 0 radical (unpaired) electrons. The molecule has 0 aliphatic rings. The fourth-order valence-electron chi connectivity index (χ4n) is 2.32. The quantitative estimate of drug-likeness (QED) is 0.652. The molecule has 2 rings (SSSR count). The maximum atomic E-state index is 5.78. The average molecular weight is 255 g/mol. The zero-order chi connectivity index (χ0) is 13.8. The van der Waals surface area contributed by atoms with E-state index in [1.807, 2.05) is 18.5 Å². The van der Waals surface area contributed by atoms with Gasteiger partial charge in [0.15, 0.2) is 0 Å². The highest BCUT2D eigenvalue weighted by atomic mass is 15.2. The third kappa shape index (κ3) is 2.83. The lowest BCUT2D eigenvalue weighted by atomic mass is 9.93. The molecule has 1 heterocycles. The van der Waals surface area contributed by atoms with Crippen LogP contribution in [-0.4, -0.2) is 4.98 Å². The van der Waals surface area contributed by atoms with E-state index in [2.05, 4.69) is 49.4 Å². The SMILES string of the molecule is CCc1cnccc1C(NN)c1ccc(C)c(C)c1. The molecule has 0 aliphatic heterocycles. The van der Waals surface area contributed by atoms with E-state index in [9.17, 15) is 0 Å². The number of nitrogens with zero attached hydrogens (tertiary/aromatic N) is 1. The van der Waals surface area contributed by atoms with Crippen LogP contribution in [0.1, 0.15) is 40.8 Å². The van der Waals surface area contributed by atoms with Crippen LogP contribution in [0.5, 0.6) is 0 Å². The fraction of sp³-hybridized carbons (Fsp3) is 0.312. The normalized spacial score (nSPS) is 12.4. The van der Waals surface area contributed by atoms with Crippen molar-refractivity contribution in [3.05, 3.63) is 64.5 Å². The predicted octanol–water partition coefficient (Wildman–Crippen LogP) is 2.81. The van der Waals surface area contributed by atoms with E-state index in [0.29, 0.717) is 0 Å². The fourth-order valence-corrected chi connectivity index (χ4v) is 2.32. The Hall–Kier alpha value is -1.71. The molecule has 0 aliphatic carbocycles. The van der Waals surface area contributed by atoms with E-state index in [1.165, 1.54) is 27.8 Å². The summed E-state index contributed by atoms with van der Waals surface area (Å²) in [5.41, 5.74) is 9.12. The number of nitrogens with one attached hydrogen (secondary N) is 1. The summed E-state index contributed by atoms with van der Waals surface area (Å²) in [7, 11) is 0. The third-order valence-corrected chi connectivity index (χ3v) is 3.66. The number of aryl methyl sites for hydroxylation is 3. The molecule has 2 aromatic rings. The molecule has 1 aromatic heterocycles. The minimum absolute atomic E-state index is 0.0113. The second-order valence-electron chi connectivity index (χ2n) is 4.87. The van der Waals surface area contributed by atoms with Crippen LogP contribution in [0.15, 0.2) is 36.7 Å². The molecular weight excluding hydrogens is 234 g/mol. The standard InChI is InChI=1S/C16H21N3/c1-4-13-10-18-8-7-15(13)16(19-17)14-6-5-11(2)12(3)9-14/h5-10,16,19H,4,17H2,1-3H3. The Balaban J connectivity index is 2.46. The van der Waals surface area contributed by atoms with Crippen LogP contribution in [0, 0.1) is 13.8 Å². The molecule has 1 unspecified atom stereocenters. The van der Waals surface area contributed by atoms with Gasteiger partial charge in [0.2, 0.25) is 0 Å². The summed E-state index contributed by atoms with van der Waals surface area (Å²) in [6.45, 7) is 6.38. The Morgan fingerprint density at radius 1 is 1.21 bits per heavy atom. The van der Waals surface area contributed by atoms with Gasteiger partial charge in [-0.25, -0.2) is 5.43 Å². The predicted molar refractivity (Wildman–Crippen MR) is 78.7 cm³/mol. The van der Waals surface area contributed by atoms with Gasteiger partial charge in [0.25, 0.3) is 0 Å². The monoisotopic (exact) mass is 255 g/mol. The van der Waals surface area contributed by atoms with Crippen molar-refractivity contribution in [2.45, 2.75) is 33.2 Å². The van der Waals surface area contributed by atoms with Crippen molar-refractivity contribution >= 4 is 0 Å². The van der Waals surface area contributed by atoms with Gasteiger partial charge in [-0.05, 0) is 54.2 Å². The summed E-state index contributed by atoms with van der Waals surface area (Å²) in [6, 6.07) is 8.52. The van der Waals surface area contributed by atoms with E-state index >= 15 is 0 Å². The summed E-state index contributed by atoms with van der Waals surface area (Å²) in [5.74, 6) is 5.78. The number of benzene rings is 1. The average Bonchev–Trinajstić information content (AvgIpc) is 2.44. The minimum Gasteiger partial charge on any atom is -0.271 e. The molecule has 19 heavy (non-hydrogen) atoms. The van der Waals surface area contributed by atoms with Crippen molar-refractivity contribution in [3.63, 3.8) is 0 Å². The highest BCUT2D eigenvalue weighted by molar-refractivity contribution is 5.39. The van der Waals surface area contributed by atoms with Gasteiger partial charge in [-0.15, -0.1) is 0 Å². The molecule has 0 amide bonds. The lowest BCUT2D eigenvalue weighted by Crippen LogP contribution is -2.29. The molecule has 0 fully saturated rings. The Morgan fingerprint density at radius 2 is 2.00 bits per heavy atom. The minimum atomic E-state index is 0.0113. The maximum Gasteiger partial charge on any atom is 0.0713 e. The van der Waals surface area contributed by atoms with E-state index in [1.54, 1.807) is 0 Å². The third-order valence-electron chi connectivity index (χ3n) is 3.66. The number of hydrazine groups is 1. The second kappa shape index (κ2) is 5.95. The Kier molecular flexibility index (Phi) is 4.30. The van der Waals surface area contributed by atoms with Crippen LogP contribution in [0.25, 0.3) is 0 Å². The molecule has 1 aromatic carbocycles. The van der Waals surface area contributed by atoms with E-state index in [0.717, 1.165) is 6.42 Å². The van der Waals surface area contributed by atoms with Crippen molar-refractivity contribution in [2.75, 3.05) is 0 Å². The Morgan fingerprint density at radius 3 is 2.63 bits per heavy atom. The van der Waals surface area contributed by atoms with E-state index in [-0.39, 0.29) is 6.04 Å². The van der Waals surface area contributed by atoms with Gasteiger partial charge < -0.3 is 0 Å². The number of nitrogens with two attached hydrogens (primary N) is 1. The van der Waals surface area contributed by atoms with Crippen molar-refractivity contribution in [1.29, 1.82) is 0 Å². The molecule has 0 bridgehead atoms.